The van der Waals surface area contributed by atoms with Crippen molar-refractivity contribution in [2.24, 2.45) is 0 Å². The molecule has 2 aromatic heterocycles. The van der Waals surface area contributed by atoms with Crippen LogP contribution in [0, 0.1) is 0 Å². The van der Waals surface area contributed by atoms with Crippen LogP contribution in [0.5, 0.6) is 0 Å². The third-order valence-electron chi connectivity index (χ3n) is 7.87. The van der Waals surface area contributed by atoms with E-state index in [-0.39, 0.29) is 0 Å². The van der Waals surface area contributed by atoms with Crippen molar-refractivity contribution >= 4 is 43.4 Å². The highest BCUT2D eigenvalue weighted by molar-refractivity contribution is 6.10. The smallest absolute Gasteiger partial charge is 0.0972 e. The van der Waals surface area contributed by atoms with Gasteiger partial charge in [-0.25, -0.2) is 9.97 Å². The maximum absolute atomic E-state index is 5.25. The SMILES string of the molecule is c1ccc(-c2ccc3ccc4ccc(-c5ccc(-c6cccc7ccccc67)c6ccccc56)nc4c3n2)cc1. The Balaban J connectivity index is 1.34. The molecule has 8 aromatic rings. The Morgan fingerprint density at radius 2 is 0.825 bits per heavy atom. The van der Waals surface area contributed by atoms with Crippen molar-refractivity contribution in [1.82, 2.24) is 9.97 Å². The molecule has 2 heteroatoms. The zero-order valence-electron chi connectivity index (χ0n) is 21.8. The fraction of sp³-hybridized carbons (Fsp3) is 0. The fourth-order valence-electron chi connectivity index (χ4n) is 5.90. The second kappa shape index (κ2) is 9.14. The van der Waals surface area contributed by atoms with Gasteiger partial charge in [0.15, 0.2) is 0 Å². The van der Waals surface area contributed by atoms with Gasteiger partial charge >= 0.3 is 0 Å². The molecule has 2 heterocycles. The summed E-state index contributed by atoms with van der Waals surface area (Å²) >= 11 is 0. The van der Waals surface area contributed by atoms with Crippen molar-refractivity contribution in [3.63, 3.8) is 0 Å². The van der Waals surface area contributed by atoms with Crippen molar-refractivity contribution in [1.29, 1.82) is 0 Å². The van der Waals surface area contributed by atoms with Crippen LogP contribution in [0.15, 0.2) is 146 Å². The zero-order chi connectivity index (χ0) is 26.5. The summed E-state index contributed by atoms with van der Waals surface area (Å²) in [5.74, 6) is 0. The van der Waals surface area contributed by atoms with Crippen LogP contribution in [0.3, 0.4) is 0 Å². The van der Waals surface area contributed by atoms with Gasteiger partial charge in [-0.15, -0.1) is 0 Å². The van der Waals surface area contributed by atoms with Gasteiger partial charge < -0.3 is 0 Å². The molecule has 0 aliphatic heterocycles. The molecule has 0 N–H and O–H groups in total. The van der Waals surface area contributed by atoms with Gasteiger partial charge in [0.05, 0.1) is 22.4 Å². The van der Waals surface area contributed by atoms with Gasteiger partial charge in [0.25, 0.3) is 0 Å². The van der Waals surface area contributed by atoms with Crippen LogP contribution in [0.1, 0.15) is 0 Å². The first kappa shape index (κ1) is 22.6. The van der Waals surface area contributed by atoms with Crippen molar-refractivity contribution in [3.05, 3.63) is 146 Å². The van der Waals surface area contributed by atoms with E-state index in [9.17, 15) is 0 Å². The van der Waals surface area contributed by atoms with Crippen LogP contribution < -0.4 is 0 Å². The fourth-order valence-corrected chi connectivity index (χ4v) is 5.90. The molecular weight excluding hydrogens is 484 g/mol. The number of fused-ring (bicyclic) bond motifs is 5. The number of hydrogen-bond acceptors (Lipinski definition) is 2. The molecule has 0 aliphatic rings. The summed E-state index contributed by atoms with van der Waals surface area (Å²) in [7, 11) is 0. The summed E-state index contributed by atoms with van der Waals surface area (Å²) < 4.78 is 0. The minimum absolute atomic E-state index is 0.926. The van der Waals surface area contributed by atoms with Gasteiger partial charge in [-0.3, -0.25) is 0 Å². The Bertz CT molecular complexity index is 2210. The second-order valence-electron chi connectivity index (χ2n) is 10.2. The van der Waals surface area contributed by atoms with Crippen molar-refractivity contribution < 1.29 is 0 Å². The number of rotatable bonds is 3. The summed E-state index contributed by atoms with van der Waals surface area (Å²) in [6.45, 7) is 0. The summed E-state index contributed by atoms with van der Waals surface area (Å²) in [6.07, 6.45) is 0. The Morgan fingerprint density at radius 1 is 0.300 bits per heavy atom. The number of aromatic nitrogens is 2. The van der Waals surface area contributed by atoms with Gasteiger partial charge in [-0.1, -0.05) is 133 Å². The molecule has 0 fully saturated rings. The molecule has 0 saturated heterocycles. The molecule has 0 saturated carbocycles. The average Bonchev–Trinajstić information content (AvgIpc) is 3.04. The zero-order valence-corrected chi connectivity index (χ0v) is 21.8. The van der Waals surface area contributed by atoms with Crippen LogP contribution in [-0.2, 0) is 0 Å². The highest BCUT2D eigenvalue weighted by Crippen LogP contribution is 2.38. The number of hydrogen-bond donors (Lipinski definition) is 0. The summed E-state index contributed by atoms with van der Waals surface area (Å²) in [5, 5.41) is 7.11. The first-order valence-corrected chi connectivity index (χ1v) is 13.6. The molecule has 0 spiro atoms. The van der Waals surface area contributed by atoms with Crippen molar-refractivity contribution in [2.75, 3.05) is 0 Å². The van der Waals surface area contributed by atoms with Crippen LogP contribution in [-0.4, -0.2) is 9.97 Å². The van der Waals surface area contributed by atoms with E-state index >= 15 is 0 Å². The average molecular weight is 509 g/mol. The van der Waals surface area contributed by atoms with E-state index in [1.807, 2.05) is 18.2 Å². The van der Waals surface area contributed by atoms with E-state index in [4.69, 9.17) is 9.97 Å². The van der Waals surface area contributed by atoms with Crippen LogP contribution in [0.2, 0.25) is 0 Å². The Hall–Kier alpha value is -5.34. The quantitative estimate of drug-likeness (QED) is 0.222. The minimum Gasteiger partial charge on any atom is -0.245 e. The normalized spacial score (nSPS) is 11.5. The molecule has 2 nitrogen and oxygen atoms in total. The molecule has 0 aliphatic carbocycles. The van der Waals surface area contributed by atoms with Crippen LogP contribution in [0.25, 0.3) is 77.0 Å². The van der Waals surface area contributed by atoms with E-state index in [0.29, 0.717) is 0 Å². The molecule has 186 valence electrons. The minimum atomic E-state index is 0.926. The van der Waals surface area contributed by atoms with Gasteiger partial charge in [-0.05, 0) is 44.8 Å². The van der Waals surface area contributed by atoms with Crippen LogP contribution >= 0.6 is 0 Å². The first-order chi connectivity index (χ1) is 19.8. The molecular formula is C38H24N2. The summed E-state index contributed by atoms with van der Waals surface area (Å²) in [5.41, 5.74) is 8.47. The van der Waals surface area contributed by atoms with E-state index in [2.05, 4.69) is 127 Å². The molecule has 8 rings (SSSR count). The largest absolute Gasteiger partial charge is 0.245 e. The highest BCUT2D eigenvalue weighted by atomic mass is 14.8. The van der Waals surface area contributed by atoms with Crippen molar-refractivity contribution in [3.8, 4) is 33.6 Å². The van der Waals surface area contributed by atoms with Crippen LogP contribution in [0.4, 0.5) is 0 Å². The van der Waals surface area contributed by atoms with E-state index in [1.165, 1.54) is 32.7 Å². The van der Waals surface area contributed by atoms with Gasteiger partial charge in [-0.2, -0.15) is 0 Å². The van der Waals surface area contributed by atoms with Crippen molar-refractivity contribution in [2.45, 2.75) is 0 Å². The van der Waals surface area contributed by atoms with E-state index in [1.54, 1.807) is 0 Å². The lowest BCUT2D eigenvalue weighted by molar-refractivity contribution is 1.37. The van der Waals surface area contributed by atoms with Gasteiger partial charge in [0.1, 0.15) is 0 Å². The Morgan fingerprint density at radius 3 is 1.60 bits per heavy atom. The first-order valence-electron chi connectivity index (χ1n) is 13.6. The standard InChI is InChI=1S/C38H24N2/c1-2-10-26(11-3-1)35-23-19-27-17-18-28-20-24-36(40-38(28)37(27)39-35)34-22-21-33(31-14-6-7-15-32(31)34)30-16-8-12-25-9-4-5-13-29(25)30/h1-24H. The maximum Gasteiger partial charge on any atom is 0.0972 e. The molecule has 0 atom stereocenters. The summed E-state index contributed by atoms with van der Waals surface area (Å²) in [4.78, 5) is 10.3. The maximum atomic E-state index is 5.25. The number of nitrogens with zero attached hydrogens (tertiary/aromatic N) is 2. The Labute approximate surface area is 232 Å². The molecule has 6 aromatic carbocycles. The number of pyridine rings is 2. The molecule has 40 heavy (non-hydrogen) atoms. The monoisotopic (exact) mass is 508 g/mol. The van der Waals surface area contributed by atoms with E-state index in [0.717, 1.165) is 44.3 Å². The Kier molecular flexibility index (Phi) is 5.17. The second-order valence-corrected chi connectivity index (χ2v) is 10.2. The molecule has 0 unspecified atom stereocenters. The molecule has 0 bridgehead atoms. The third kappa shape index (κ3) is 3.65. The lowest BCUT2D eigenvalue weighted by Gasteiger charge is -2.14. The molecule has 0 amide bonds. The topological polar surface area (TPSA) is 25.8 Å². The van der Waals surface area contributed by atoms with Gasteiger partial charge in [0, 0.05) is 21.9 Å². The molecule has 0 radical (unpaired) electrons. The predicted octanol–water partition coefficient (Wildman–Crippen LogP) is 10.1. The third-order valence-corrected chi connectivity index (χ3v) is 7.87. The highest BCUT2D eigenvalue weighted by Gasteiger charge is 2.14. The van der Waals surface area contributed by atoms with Gasteiger partial charge in [0.2, 0.25) is 0 Å². The lowest BCUT2D eigenvalue weighted by Crippen LogP contribution is -1.92. The van der Waals surface area contributed by atoms with E-state index < -0.39 is 0 Å². The summed E-state index contributed by atoms with van der Waals surface area (Å²) in [6, 6.07) is 51.4. The lowest BCUT2D eigenvalue weighted by atomic mass is 9.91. The number of benzene rings is 6. The predicted molar refractivity (Wildman–Crippen MR) is 168 cm³/mol.